The van der Waals surface area contributed by atoms with E-state index in [-0.39, 0.29) is 15.7 Å². The van der Waals surface area contributed by atoms with Gasteiger partial charge in [-0.15, -0.1) is 5.11 Å². The van der Waals surface area contributed by atoms with Gasteiger partial charge in [-0.2, -0.15) is 18.3 Å². The first-order valence-electron chi connectivity index (χ1n) is 9.13. The van der Waals surface area contributed by atoms with Crippen LogP contribution in [0.25, 0.3) is 21.5 Å². The van der Waals surface area contributed by atoms with E-state index in [2.05, 4.69) is 15.2 Å². The topological polar surface area (TPSA) is 88.0 Å². The van der Waals surface area contributed by atoms with E-state index in [1.807, 2.05) is 0 Å². The normalized spacial score (nSPS) is 13.2. The summed E-state index contributed by atoms with van der Waals surface area (Å²) in [6.07, 6.45) is -4.43. The van der Waals surface area contributed by atoms with Gasteiger partial charge in [-0.25, -0.2) is 9.78 Å². The van der Waals surface area contributed by atoms with Gasteiger partial charge in [-0.1, -0.05) is 22.9 Å². The van der Waals surface area contributed by atoms with Crippen molar-refractivity contribution in [2.24, 2.45) is 10.2 Å². The van der Waals surface area contributed by atoms with Crippen LogP contribution < -0.4 is 0 Å². The zero-order valence-electron chi connectivity index (χ0n) is 16.2. The van der Waals surface area contributed by atoms with Gasteiger partial charge >= 0.3 is 12.1 Å². The zero-order valence-corrected chi connectivity index (χ0v) is 17.8. The van der Waals surface area contributed by atoms with Crippen LogP contribution in [0.2, 0.25) is 5.02 Å². The summed E-state index contributed by atoms with van der Waals surface area (Å²) in [6, 6.07) is 10.7. The summed E-state index contributed by atoms with van der Waals surface area (Å²) in [5.74, 6) is -0.249. The number of halogens is 4. The number of furan rings is 1. The van der Waals surface area contributed by atoms with Crippen molar-refractivity contribution in [2.45, 2.75) is 19.1 Å². The number of carbonyl (C=O) groups is 1. The zero-order chi connectivity index (χ0) is 23.0. The van der Waals surface area contributed by atoms with Crippen molar-refractivity contribution < 1.29 is 27.5 Å². The molecule has 4 rings (SSSR count). The quantitative estimate of drug-likeness (QED) is 0.296. The lowest BCUT2D eigenvalue weighted by molar-refractivity contribution is -0.137. The van der Waals surface area contributed by atoms with Crippen LogP contribution in [0.5, 0.6) is 0 Å². The number of thiazole rings is 1. The summed E-state index contributed by atoms with van der Waals surface area (Å²) in [4.78, 5) is 15.4. The first-order chi connectivity index (χ1) is 15.1. The third kappa shape index (κ3) is 4.51. The minimum Gasteiger partial charge on any atom is -0.478 e. The predicted octanol–water partition coefficient (Wildman–Crippen LogP) is 7.77. The van der Waals surface area contributed by atoms with Crippen LogP contribution in [0.1, 0.15) is 34.6 Å². The smallest absolute Gasteiger partial charge is 0.416 e. The number of aromatic carboxylic acids is 1. The highest BCUT2D eigenvalue weighted by Crippen LogP contribution is 2.36. The van der Waals surface area contributed by atoms with Crippen molar-refractivity contribution in [1.82, 2.24) is 4.98 Å². The highest BCUT2D eigenvalue weighted by atomic mass is 35.5. The van der Waals surface area contributed by atoms with Gasteiger partial charge in [-0.3, -0.25) is 0 Å². The van der Waals surface area contributed by atoms with Gasteiger partial charge in [0, 0.05) is 5.56 Å². The molecule has 0 radical (unpaired) electrons. The molecule has 2 heterocycles. The van der Waals surface area contributed by atoms with E-state index >= 15 is 0 Å². The van der Waals surface area contributed by atoms with Crippen LogP contribution in [-0.4, -0.2) is 16.1 Å². The molecule has 2 aromatic carbocycles. The van der Waals surface area contributed by atoms with Gasteiger partial charge in [0.1, 0.15) is 17.6 Å². The van der Waals surface area contributed by atoms with Crippen LogP contribution >= 0.6 is 22.9 Å². The molecule has 32 heavy (non-hydrogen) atoms. The fourth-order valence-corrected chi connectivity index (χ4v) is 3.93. The molecular weight excluding hydrogens is 467 g/mol. The molecule has 0 amide bonds. The van der Waals surface area contributed by atoms with Crippen molar-refractivity contribution in [2.75, 3.05) is 0 Å². The average Bonchev–Trinajstić information content (AvgIpc) is 3.38. The Balaban J connectivity index is 1.54. The lowest BCUT2D eigenvalue weighted by Crippen LogP contribution is -2.03. The Morgan fingerprint density at radius 3 is 2.69 bits per heavy atom. The van der Waals surface area contributed by atoms with Crippen LogP contribution in [0, 0.1) is 0 Å². The molecule has 0 fully saturated rings. The molecule has 0 aliphatic carbocycles. The van der Waals surface area contributed by atoms with E-state index < -0.39 is 23.8 Å². The average molecular weight is 480 g/mol. The third-order valence-corrected chi connectivity index (χ3v) is 5.77. The fraction of sp³-hybridized carbons (Fsp3) is 0.143. The van der Waals surface area contributed by atoms with Gasteiger partial charge < -0.3 is 9.52 Å². The Morgan fingerprint density at radius 2 is 1.97 bits per heavy atom. The summed E-state index contributed by atoms with van der Waals surface area (Å²) in [6.45, 7) is 1.73. The van der Waals surface area contributed by atoms with Crippen molar-refractivity contribution >= 4 is 44.3 Å². The predicted molar refractivity (Wildman–Crippen MR) is 114 cm³/mol. The molecule has 0 bridgehead atoms. The Bertz CT molecular complexity index is 1350. The Hall–Kier alpha value is -3.24. The number of aromatic nitrogens is 1. The SMILES string of the molecule is CC(N=Nc1nc2ccc(C(F)(F)F)cc2s1)c1ccc(-c2ccc(Cl)c(C(=O)O)c2)o1. The van der Waals surface area contributed by atoms with Crippen LogP contribution in [-0.2, 0) is 6.18 Å². The van der Waals surface area contributed by atoms with Crippen LogP contribution in [0.3, 0.4) is 0 Å². The molecule has 1 unspecified atom stereocenters. The summed E-state index contributed by atoms with van der Waals surface area (Å²) in [7, 11) is 0. The van der Waals surface area contributed by atoms with Gasteiger partial charge in [0.25, 0.3) is 0 Å². The second-order valence-electron chi connectivity index (χ2n) is 6.77. The minimum atomic E-state index is -4.43. The molecule has 164 valence electrons. The molecule has 0 aliphatic rings. The monoisotopic (exact) mass is 479 g/mol. The summed E-state index contributed by atoms with van der Waals surface area (Å²) in [5.41, 5.74) is 0.150. The number of nitrogens with zero attached hydrogens (tertiary/aromatic N) is 3. The maximum atomic E-state index is 12.9. The maximum Gasteiger partial charge on any atom is 0.416 e. The number of hydrogen-bond acceptors (Lipinski definition) is 6. The Labute approximate surface area is 188 Å². The number of hydrogen-bond donors (Lipinski definition) is 1. The lowest BCUT2D eigenvalue weighted by Gasteiger charge is -2.04. The Morgan fingerprint density at radius 1 is 1.19 bits per heavy atom. The minimum absolute atomic E-state index is 0.0423. The first kappa shape index (κ1) is 22.0. The van der Waals surface area contributed by atoms with E-state index in [0.717, 1.165) is 23.5 Å². The van der Waals surface area contributed by atoms with Crippen molar-refractivity contribution in [3.8, 4) is 11.3 Å². The maximum absolute atomic E-state index is 12.9. The molecule has 6 nitrogen and oxygen atoms in total. The molecule has 2 aromatic heterocycles. The fourth-order valence-electron chi connectivity index (χ4n) is 2.90. The third-order valence-electron chi connectivity index (χ3n) is 4.54. The number of alkyl halides is 3. The number of carboxylic acid groups (broad SMARTS) is 1. The first-order valence-corrected chi connectivity index (χ1v) is 10.3. The molecule has 0 aliphatic heterocycles. The molecule has 11 heteroatoms. The lowest BCUT2D eigenvalue weighted by atomic mass is 10.1. The molecule has 0 saturated carbocycles. The van der Waals surface area contributed by atoms with Gasteiger partial charge in [0.05, 0.1) is 26.4 Å². The van der Waals surface area contributed by atoms with E-state index in [1.165, 1.54) is 18.2 Å². The molecular formula is C21H13ClF3N3O3S. The van der Waals surface area contributed by atoms with Crippen LogP contribution in [0.4, 0.5) is 18.3 Å². The summed E-state index contributed by atoms with van der Waals surface area (Å²) in [5, 5.41) is 17.7. The Kier molecular flexibility index (Phi) is 5.74. The van der Waals surface area contributed by atoms with E-state index in [1.54, 1.807) is 25.1 Å². The van der Waals surface area contributed by atoms with Gasteiger partial charge in [-0.05, 0) is 55.5 Å². The van der Waals surface area contributed by atoms with E-state index in [4.69, 9.17) is 16.0 Å². The number of carboxylic acids is 1. The second-order valence-corrected chi connectivity index (χ2v) is 8.19. The molecule has 1 atom stereocenters. The largest absolute Gasteiger partial charge is 0.478 e. The van der Waals surface area contributed by atoms with Gasteiger partial charge in [0.15, 0.2) is 0 Å². The van der Waals surface area contributed by atoms with Gasteiger partial charge in [0.2, 0.25) is 5.13 Å². The van der Waals surface area contributed by atoms with Crippen molar-refractivity contribution in [1.29, 1.82) is 0 Å². The molecule has 1 N–H and O–H groups in total. The van der Waals surface area contributed by atoms with Crippen molar-refractivity contribution in [3.63, 3.8) is 0 Å². The van der Waals surface area contributed by atoms with E-state index in [9.17, 15) is 23.1 Å². The molecule has 4 aromatic rings. The number of fused-ring (bicyclic) bond motifs is 1. The number of azo groups is 1. The highest BCUT2D eigenvalue weighted by molar-refractivity contribution is 7.21. The highest BCUT2D eigenvalue weighted by Gasteiger charge is 2.30. The molecule has 0 spiro atoms. The summed E-state index contributed by atoms with van der Waals surface area (Å²) < 4.78 is 44.7. The summed E-state index contributed by atoms with van der Waals surface area (Å²) >= 11 is 6.90. The standard InChI is InChI=1S/C21H13ClF3N3O3S/c1-10(16-6-7-17(31-16)11-2-4-14(22)13(8-11)19(29)30)27-28-20-26-15-5-3-12(21(23,24)25)9-18(15)32-20/h2-10H,1H3,(H,29,30). The number of rotatable bonds is 5. The van der Waals surface area contributed by atoms with E-state index in [0.29, 0.717) is 27.3 Å². The second kappa shape index (κ2) is 8.36. The number of benzene rings is 2. The van der Waals surface area contributed by atoms with Crippen molar-refractivity contribution in [3.05, 3.63) is 70.4 Å². The van der Waals surface area contributed by atoms with Crippen LogP contribution in [0.15, 0.2) is 63.2 Å². The molecule has 0 saturated heterocycles.